The number of hydrogen-bond acceptors (Lipinski definition) is 6. The first-order chi connectivity index (χ1) is 15.6. The summed E-state index contributed by atoms with van der Waals surface area (Å²) in [6.45, 7) is 1.68. The fraction of sp³-hybridized carbons (Fsp3) is 0.0769. The molecule has 1 unspecified atom stereocenters. The van der Waals surface area contributed by atoms with Gasteiger partial charge in [0.25, 0.3) is 0 Å². The fourth-order valence-electron chi connectivity index (χ4n) is 1.69. The minimum absolute atomic E-state index is 0.0838. The van der Waals surface area contributed by atoms with Crippen LogP contribution in [0.3, 0.4) is 0 Å². The van der Waals surface area contributed by atoms with E-state index in [1.807, 2.05) is 0 Å². The van der Waals surface area contributed by atoms with Crippen LogP contribution in [0.25, 0.3) is 0 Å². The number of hydrogen-bond donors (Lipinski definition) is 2. The summed E-state index contributed by atoms with van der Waals surface area (Å²) >= 11 is 0.485. The van der Waals surface area contributed by atoms with Crippen LogP contribution in [0.1, 0.15) is 18.4 Å². The summed E-state index contributed by atoms with van der Waals surface area (Å²) in [5.74, 6) is 40.7. The molecule has 6 heteroatoms. The normalized spacial score (nSPS) is 8.03. The maximum Gasteiger partial charge on any atom is 0.131 e. The lowest BCUT2D eigenvalue weighted by atomic mass is 10.0. The molecule has 0 aromatic heterocycles. The fourth-order valence-corrected chi connectivity index (χ4v) is 2.09. The molecule has 1 aromatic carbocycles. The van der Waals surface area contributed by atoms with Gasteiger partial charge < -0.3 is 10.2 Å². The molecule has 1 rings (SSSR count). The minimum atomic E-state index is -0.491. The van der Waals surface area contributed by atoms with E-state index in [1.54, 1.807) is 6.92 Å². The summed E-state index contributed by atoms with van der Waals surface area (Å²) in [5.41, 5.74) is 0.274. The van der Waals surface area contributed by atoms with Crippen molar-refractivity contribution in [2.24, 2.45) is 0 Å². The Morgan fingerprint density at radius 2 is 1.31 bits per heavy atom. The van der Waals surface area contributed by atoms with Gasteiger partial charge in [0.1, 0.15) is 5.75 Å². The van der Waals surface area contributed by atoms with Crippen LogP contribution < -0.4 is 5.11 Å². The molecule has 5 nitrogen and oxygen atoms in total. The van der Waals surface area contributed by atoms with Crippen molar-refractivity contribution in [2.75, 3.05) is 0 Å². The number of terminal acetylenes is 1. The second-order valence-electron chi connectivity index (χ2n) is 4.97. The standard InChI is InChI=1S/C26H10O5S/c1-3-4-5-6-7-8-9-10-11-12-13-14-15-16-17-18-19-22(2)23-20-25(28)26(21-24(23)27)32-31-30-29/h1,20-22,27-29H,2H3/p-1. The van der Waals surface area contributed by atoms with Crippen LogP contribution in [-0.2, 0) is 9.37 Å². The van der Waals surface area contributed by atoms with Crippen molar-refractivity contribution in [1.82, 2.24) is 0 Å². The second-order valence-corrected chi connectivity index (χ2v) is 5.71. The predicted molar refractivity (Wildman–Crippen MR) is 118 cm³/mol. The largest absolute Gasteiger partial charge is 0.872 e. The highest BCUT2D eigenvalue weighted by atomic mass is 32.2. The molecule has 2 N–H and O–H groups in total. The molecule has 32 heavy (non-hydrogen) atoms. The summed E-state index contributed by atoms with van der Waals surface area (Å²) in [6.07, 6.45) is 4.92. The zero-order valence-corrected chi connectivity index (χ0v) is 17.2. The Labute approximate surface area is 191 Å². The second kappa shape index (κ2) is 15.9. The average molecular weight is 433 g/mol. The van der Waals surface area contributed by atoms with E-state index in [1.165, 1.54) is 6.07 Å². The zero-order valence-electron chi connectivity index (χ0n) is 16.3. The van der Waals surface area contributed by atoms with Crippen molar-refractivity contribution in [3.8, 4) is 119 Å². The highest BCUT2D eigenvalue weighted by Gasteiger charge is 2.10. The molecule has 1 aromatic rings. The van der Waals surface area contributed by atoms with Crippen LogP contribution in [0.5, 0.6) is 11.5 Å². The maximum atomic E-state index is 12.1. The van der Waals surface area contributed by atoms with Crippen molar-refractivity contribution in [2.45, 2.75) is 17.7 Å². The van der Waals surface area contributed by atoms with Gasteiger partial charge in [-0.05, 0) is 119 Å². The first kappa shape index (κ1) is 25.1. The molecule has 0 aliphatic carbocycles. The summed E-state index contributed by atoms with van der Waals surface area (Å²) in [7, 11) is 0. The first-order valence-corrected chi connectivity index (χ1v) is 8.99. The number of phenolic OH excluding ortho intramolecular Hbond substituents is 1. The van der Waals surface area contributed by atoms with Crippen LogP contribution in [0.4, 0.5) is 0 Å². The molecule has 0 radical (unpaired) electrons. The smallest absolute Gasteiger partial charge is 0.131 e. The highest BCUT2D eigenvalue weighted by molar-refractivity contribution is 7.94. The first-order valence-electron chi connectivity index (χ1n) is 8.25. The summed E-state index contributed by atoms with van der Waals surface area (Å²) in [4.78, 5) is 0.0838. The lowest BCUT2D eigenvalue weighted by Crippen LogP contribution is -2.00. The van der Waals surface area contributed by atoms with Crippen molar-refractivity contribution in [3.05, 3.63) is 17.7 Å². The molecule has 0 aliphatic rings. The lowest BCUT2D eigenvalue weighted by molar-refractivity contribution is -0.432. The number of aromatic hydroxyl groups is 1. The number of phenols is 1. The van der Waals surface area contributed by atoms with Gasteiger partial charge in [-0.15, -0.1) is 16.5 Å². The van der Waals surface area contributed by atoms with Crippen LogP contribution in [0.2, 0.25) is 0 Å². The van der Waals surface area contributed by atoms with Crippen molar-refractivity contribution in [3.63, 3.8) is 0 Å². The molecule has 0 aliphatic heterocycles. The van der Waals surface area contributed by atoms with Gasteiger partial charge in [0, 0.05) is 5.92 Å². The summed E-state index contributed by atoms with van der Waals surface area (Å²) in [6, 6.07) is 2.40. The third-order valence-electron chi connectivity index (χ3n) is 2.95. The van der Waals surface area contributed by atoms with E-state index in [4.69, 9.17) is 11.7 Å². The monoisotopic (exact) mass is 433 g/mol. The summed E-state index contributed by atoms with van der Waals surface area (Å²) in [5, 5.41) is 33.5. The van der Waals surface area contributed by atoms with E-state index < -0.39 is 5.92 Å². The molecule has 0 saturated heterocycles. The molecule has 0 bridgehead atoms. The van der Waals surface area contributed by atoms with E-state index in [-0.39, 0.29) is 22.0 Å². The van der Waals surface area contributed by atoms with Crippen LogP contribution in [0, 0.1) is 107 Å². The molecular formula is C26H9O5S-. The Morgan fingerprint density at radius 1 is 0.844 bits per heavy atom. The number of benzene rings is 1. The van der Waals surface area contributed by atoms with Gasteiger partial charge in [0.05, 0.1) is 16.9 Å². The quantitative estimate of drug-likeness (QED) is 0.325. The van der Waals surface area contributed by atoms with Crippen LogP contribution in [-0.4, -0.2) is 10.4 Å². The van der Waals surface area contributed by atoms with Crippen molar-refractivity contribution in [1.29, 1.82) is 0 Å². The average Bonchev–Trinajstić information content (AvgIpc) is 2.78. The van der Waals surface area contributed by atoms with Gasteiger partial charge in [-0.2, -0.15) is 0 Å². The van der Waals surface area contributed by atoms with Gasteiger partial charge >= 0.3 is 0 Å². The topological polar surface area (TPSA) is 82.0 Å². The molecule has 0 spiro atoms. The van der Waals surface area contributed by atoms with E-state index >= 15 is 0 Å². The Morgan fingerprint density at radius 3 is 1.78 bits per heavy atom. The Hall–Kier alpha value is -4.91. The molecule has 0 amide bonds. The maximum absolute atomic E-state index is 12.1. The lowest BCUT2D eigenvalue weighted by Gasteiger charge is -2.17. The minimum Gasteiger partial charge on any atom is -0.872 e. The Balaban J connectivity index is 2.67. The van der Waals surface area contributed by atoms with E-state index in [9.17, 15) is 10.2 Å². The zero-order chi connectivity index (χ0) is 23.4. The third-order valence-corrected chi connectivity index (χ3v) is 3.58. The van der Waals surface area contributed by atoms with E-state index in [0.717, 1.165) is 6.07 Å². The van der Waals surface area contributed by atoms with Gasteiger partial charge in [-0.25, -0.2) is 5.26 Å². The molecule has 0 heterocycles. The molecule has 150 valence electrons. The number of rotatable bonds is 4. The Bertz CT molecular complexity index is 1400. The third kappa shape index (κ3) is 10.6. The van der Waals surface area contributed by atoms with Gasteiger partial charge in [-0.3, -0.25) is 0 Å². The SMILES string of the molecule is C#CC#CC#CC#CC#CC#CC#CC#CC#CC(C)c1cc(O)c(SOOO)cc1[O-]. The van der Waals surface area contributed by atoms with Crippen molar-refractivity contribution < 1.29 is 24.8 Å². The van der Waals surface area contributed by atoms with Gasteiger partial charge in [0.15, 0.2) is 0 Å². The molecule has 1 atom stereocenters. The molecule has 0 fully saturated rings. The van der Waals surface area contributed by atoms with E-state index in [0.29, 0.717) is 12.0 Å². The van der Waals surface area contributed by atoms with Crippen LogP contribution >= 0.6 is 12.0 Å². The van der Waals surface area contributed by atoms with Gasteiger partial charge in [-0.1, -0.05) is 11.0 Å². The van der Waals surface area contributed by atoms with Crippen LogP contribution in [0.15, 0.2) is 17.0 Å². The molecular weight excluding hydrogens is 424 g/mol. The molecule has 0 saturated carbocycles. The van der Waals surface area contributed by atoms with Gasteiger partial charge in [0.2, 0.25) is 0 Å². The predicted octanol–water partition coefficient (Wildman–Crippen LogP) is 1.66. The Kier molecular flexibility index (Phi) is 12.5. The van der Waals surface area contributed by atoms with E-state index in [2.05, 4.69) is 110 Å². The van der Waals surface area contributed by atoms with Crippen molar-refractivity contribution >= 4 is 12.0 Å². The highest BCUT2D eigenvalue weighted by Crippen LogP contribution is 2.36. The summed E-state index contributed by atoms with van der Waals surface area (Å²) < 4.78 is 4.20.